The van der Waals surface area contributed by atoms with Gasteiger partial charge in [-0.3, -0.25) is 4.79 Å². The third kappa shape index (κ3) is 3.64. The van der Waals surface area contributed by atoms with Crippen LogP contribution >= 0.6 is 0 Å². The highest BCUT2D eigenvalue weighted by Crippen LogP contribution is 2.13. The van der Waals surface area contributed by atoms with Crippen molar-refractivity contribution in [3.8, 4) is 0 Å². The van der Waals surface area contributed by atoms with Gasteiger partial charge in [-0.05, 0) is 18.9 Å². The molecule has 1 unspecified atom stereocenters. The Kier molecular flexibility index (Phi) is 5.67. The molecule has 0 rings (SSSR count). The molecule has 0 aromatic carbocycles. The summed E-state index contributed by atoms with van der Waals surface area (Å²) >= 11 is 0. The van der Waals surface area contributed by atoms with Gasteiger partial charge in [0.05, 0.1) is 0 Å². The van der Waals surface area contributed by atoms with Gasteiger partial charge in [-0.15, -0.1) is 0 Å². The minimum Gasteiger partial charge on any atom is -0.369 e. The fourth-order valence-electron chi connectivity index (χ4n) is 0.849. The summed E-state index contributed by atoms with van der Waals surface area (Å²) in [5, 5.41) is 5.93. The number of ether oxygens (including phenoxy) is 1. The number of nitrogens with zero attached hydrogens (tertiary/aromatic N) is 3. The third-order valence-electron chi connectivity index (χ3n) is 2.17. The maximum Gasteiger partial charge on any atom is 0.251 e. The molecule has 0 aliphatic carbocycles. The molecular weight excluding hydrogens is 184 g/mol. The summed E-state index contributed by atoms with van der Waals surface area (Å²) in [4.78, 5) is 14.1. The average molecular weight is 200 g/mol. The van der Waals surface area contributed by atoms with Gasteiger partial charge in [0.2, 0.25) is 0 Å². The smallest absolute Gasteiger partial charge is 0.251 e. The molecule has 6 nitrogen and oxygen atoms in total. The van der Waals surface area contributed by atoms with Crippen LogP contribution in [0.25, 0.3) is 10.4 Å². The quantitative estimate of drug-likeness (QED) is 0.302. The minimum atomic E-state index is -0.795. The molecule has 14 heavy (non-hydrogen) atoms. The number of amides is 1. The first-order chi connectivity index (χ1) is 6.60. The SMILES string of the molecule is CCC(C)(OC)C(=O)NCCN=[N+]=[N-]. The standard InChI is InChI=1S/C8H16N4O2/c1-4-8(2,14-3)7(13)10-5-6-11-12-9/h4-6H2,1-3H3,(H,10,13). The van der Waals surface area contributed by atoms with Crippen molar-refractivity contribution in [2.75, 3.05) is 20.2 Å². The van der Waals surface area contributed by atoms with Crippen LogP contribution in [0.3, 0.4) is 0 Å². The van der Waals surface area contributed by atoms with Crippen molar-refractivity contribution in [3.63, 3.8) is 0 Å². The molecule has 0 saturated heterocycles. The Bertz CT molecular complexity index is 231. The van der Waals surface area contributed by atoms with Crippen LogP contribution in [0.1, 0.15) is 20.3 Å². The molecule has 0 aromatic heterocycles. The Morgan fingerprint density at radius 2 is 2.36 bits per heavy atom. The molecular formula is C8H16N4O2. The Labute approximate surface area is 83.3 Å². The zero-order chi connectivity index (χ0) is 11.0. The van der Waals surface area contributed by atoms with E-state index in [0.29, 0.717) is 13.0 Å². The average Bonchev–Trinajstić information content (AvgIpc) is 2.22. The van der Waals surface area contributed by atoms with Crippen molar-refractivity contribution in [2.24, 2.45) is 5.11 Å². The van der Waals surface area contributed by atoms with E-state index in [2.05, 4.69) is 15.3 Å². The molecule has 1 amide bonds. The van der Waals surface area contributed by atoms with Crippen molar-refractivity contribution in [3.05, 3.63) is 10.4 Å². The van der Waals surface area contributed by atoms with Crippen LogP contribution in [-0.4, -0.2) is 31.7 Å². The number of hydrogen-bond donors (Lipinski definition) is 1. The molecule has 0 spiro atoms. The molecule has 1 atom stereocenters. The van der Waals surface area contributed by atoms with Gasteiger partial charge in [0.15, 0.2) is 0 Å². The van der Waals surface area contributed by atoms with E-state index in [1.165, 1.54) is 7.11 Å². The lowest BCUT2D eigenvalue weighted by Crippen LogP contribution is -2.46. The van der Waals surface area contributed by atoms with Crippen molar-refractivity contribution in [2.45, 2.75) is 25.9 Å². The van der Waals surface area contributed by atoms with Crippen LogP contribution in [0.15, 0.2) is 5.11 Å². The number of carbonyl (C=O) groups excluding carboxylic acids is 1. The van der Waals surface area contributed by atoms with Crippen LogP contribution < -0.4 is 5.32 Å². The number of methoxy groups -OCH3 is 1. The van der Waals surface area contributed by atoms with Crippen molar-refractivity contribution < 1.29 is 9.53 Å². The molecule has 0 bridgehead atoms. The molecule has 0 aliphatic heterocycles. The predicted octanol–water partition coefficient (Wildman–Crippen LogP) is 1.23. The zero-order valence-electron chi connectivity index (χ0n) is 8.78. The summed E-state index contributed by atoms with van der Waals surface area (Å²) in [7, 11) is 1.50. The van der Waals surface area contributed by atoms with Gasteiger partial charge in [0, 0.05) is 25.1 Å². The second-order valence-corrected chi connectivity index (χ2v) is 3.00. The third-order valence-corrected chi connectivity index (χ3v) is 2.17. The minimum absolute atomic E-state index is 0.185. The first-order valence-corrected chi connectivity index (χ1v) is 4.45. The Morgan fingerprint density at radius 1 is 1.71 bits per heavy atom. The first-order valence-electron chi connectivity index (χ1n) is 4.45. The fraction of sp³-hybridized carbons (Fsp3) is 0.875. The summed E-state index contributed by atoms with van der Waals surface area (Å²) in [5.41, 5.74) is 7.21. The summed E-state index contributed by atoms with van der Waals surface area (Å²) in [6.45, 7) is 4.18. The Balaban J connectivity index is 3.99. The molecule has 80 valence electrons. The van der Waals surface area contributed by atoms with Crippen molar-refractivity contribution in [1.29, 1.82) is 0 Å². The molecule has 0 heterocycles. The molecule has 0 aliphatic rings. The van der Waals surface area contributed by atoms with E-state index < -0.39 is 5.60 Å². The second kappa shape index (κ2) is 6.23. The predicted molar refractivity (Wildman–Crippen MR) is 52.7 cm³/mol. The van der Waals surface area contributed by atoms with Gasteiger partial charge >= 0.3 is 0 Å². The van der Waals surface area contributed by atoms with Crippen LogP contribution in [0.4, 0.5) is 0 Å². The van der Waals surface area contributed by atoms with E-state index in [9.17, 15) is 4.79 Å². The normalized spacial score (nSPS) is 13.9. The molecule has 1 N–H and O–H groups in total. The zero-order valence-corrected chi connectivity index (χ0v) is 8.78. The maximum atomic E-state index is 11.5. The van der Waals surface area contributed by atoms with Crippen LogP contribution in [-0.2, 0) is 9.53 Å². The highest BCUT2D eigenvalue weighted by atomic mass is 16.5. The van der Waals surface area contributed by atoms with Crippen LogP contribution in [0.2, 0.25) is 0 Å². The van der Waals surface area contributed by atoms with Crippen LogP contribution in [0.5, 0.6) is 0 Å². The Morgan fingerprint density at radius 3 is 2.79 bits per heavy atom. The van der Waals surface area contributed by atoms with Crippen molar-refractivity contribution >= 4 is 5.91 Å². The Hall–Kier alpha value is -1.26. The van der Waals surface area contributed by atoms with Crippen molar-refractivity contribution in [1.82, 2.24) is 5.32 Å². The maximum absolute atomic E-state index is 11.5. The largest absolute Gasteiger partial charge is 0.369 e. The van der Waals surface area contributed by atoms with E-state index in [1.54, 1.807) is 6.92 Å². The topological polar surface area (TPSA) is 87.1 Å². The van der Waals surface area contributed by atoms with Gasteiger partial charge < -0.3 is 10.1 Å². The van der Waals surface area contributed by atoms with E-state index in [1.807, 2.05) is 6.92 Å². The summed E-state index contributed by atoms with van der Waals surface area (Å²) in [5.74, 6) is -0.185. The lowest BCUT2D eigenvalue weighted by atomic mass is 10.0. The highest BCUT2D eigenvalue weighted by Gasteiger charge is 2.30. The number of carbonyl (C=O) groups is 1. The number of rotatable bonds is 6. The van der Waals surface area contributed by atoms with E-state index in [0.717, 1.165) is 0 Å². The molecule has 0 radical (unpaired) electrons. The highest BCUT2D eigenvalue weighted by molar-refractivity contribution is 5.84. The molecule has 6 heteroatoms. The second-order valence-electron chi connectivity index (χ2n) is 3.00. The lowest BCUT2D eigenvalue weighted by Gasteiger charge is -2.24. The molecule has 0 saturated carbocycles. The number of azide groups is 1. The van der Waals surface area contributed by atoms with Gasteiger partial charge in [0.25, 0.3) is 5.91 Å². The van der Waals surface area contributed by atoms with Crippen LogP contribution in [0, 0.1) is 0 Å². The fourth-order valence-corrected chi connectivity index (χ4v) is 0.849. The summed E-state index contributed by atoms with van der Waals surface area (Å²) in [6.07, 6.45) is 0.594. The van der Waals surface area contributed by atoms with E-state index in [4.69, 9.17) is 10.3 Å². The number of nitrogens with one attached hydrogen (secondary N) is 1. The molecule has 0 fully saturated rings. The molecule has 0 aromatic rings. The van der Waals surface area contributed by atoms with E-state index in [-0.39, 0.29) is 12.5 Å². The summed E-state index contributed by atoms with van der Waals surface area (Å²) in [6, 6.07) is 0. The monoisotopic (exact) mass is 200 g/mol. The van der Waals surface area contributed by atoms with E-state index >= 15 is 0 Å². The van der Waals surface area contributed by atoms with Gasteiger partial charge in [-0.1, -0.05) is 12.0 Å². The lowest BCUT2D eigenvalue weighted by molar-refractivity contribution is -0.141. The number of hydrogen-bond acceptors (Lipinski definition) is 3. The first kappa shape index (κ1) is 12.7. The van der Waals surface area contributed by atoms with Gasteiger partial charge in [0.1, 0.15) is 5.60 Å². The van der Waals surface area contributed by atoms with Gasteiger partial charge in [-0.25, -0.2) is 0 Å². The summed E-state index contributed by atoms with van der Waals surface area (Å²) < 4.78 is 5.09. The van der Waals surface area contributed by atoms with Gasteiger partial charge in [-0.2, -0.15) is 0 Å².